The van der Waals surface area contributed by atoms with E-state index in [0.29, 0.717) is 17.4 Å². The largest absolute Gasteiger partial charge is 0.381 e. The van der Waals surface area contributed by atoms with E-state index in [1.165, 1.54) is 25.7 Å². The van der Waals surface area contributed by atoms with Gasteiger partial charge in [0.1, 0.15) is 0 Å². The number of methoxy groups -OCH3 is 1. The fourth-order valence-electron chi connectivity index (χ4n) is 2.83. The van der Waals surface area contributed by atoms with E-state index in [1.807, 2.05) is 7.11 Å². The van der Waals surface area contributed by atoms with Crippen molar-refractivity contribution in [1.82, 2.24) is 0 Å². The molecule has 1 saturated carbocycles. The Morgan fingerprint density at radius 3 is 2.00 bits per heavy atom. The molecule has 0 aromatic heterocycles. The second-order valence-corrected chi connectivity index (χ2v) is 4.76. The molecule has 12 heavy (non-hydrogen) atoms. The summed E-state index contributed by atoms with van der Waals surface area (Å²) >= 11 is 0. The second kappa shape index (κ2) is 3.78. The van der Waals surface area contributed by atoms with Crippen LogP contribution in [0, 0.1) is 11.3 Å². The van der Waals surface area contributed by atoms with E-state index in [-0.39, 0.29) is 0 Å². The van der Waals surface area contributed by atoms with Crippen LogP contribution in [0.4, 0.5) is 0 Å². The third-order valence-electron chi connectivity index (χ3n) is 3.29. The first-order valence-electron chi connectivity index (χ1n) is 5.13. The molecule has 1 nitrogen and oxygen atoms in total. The van der Waals surface area contributed by atoms with E-state index >= 15 is 0 Å². The third kappa shape index (κ3) is 1.82. The Balaban J connectivity index is 2.62. The molecule has 1 heteroatoms. The molecular formula is C11H22O. The molecule has 0 aliphatic heterocycles. The first-order valence-corrected chi connectivity index (χ1v) is 5.13. The van der Waals surface area contributed by atoms with Crippen LogP contribution < -0.4 is 0 Å². The summed E-state index contributed by atoms with van der Waals surface area (Å²) in [6, 6.07) is 0. The molecule has 0 unspecified atom stereocenters. The minimum atomic E-state index is 0.458. The zero-order valence-electron chi connectivity index (χ0n) is 8.89. The van der Waals surface area contributed by atoms with Gasteiger partial charge in [0.2, 0.25) is 0 Å². The lowest BCUT2D eigenvalue weighted by molar-refractivity contribution is -0.0307. The van der Waals surface area contributed by atoms with Crippen LogP contribution in [0.25, 0.3) is 0 Å². The summed E-state index contributed by atoms with van der Waals surface area (Å²) in [5.41, 5.74) is 0.461. The van der Waals surface area contributed by atoms with Crippen molar-refractivity contribution in [3.8, 4) is 0 Å². The maximum absolute atomic E-state index is 5.60. The van der Waals surface area contributed by atoms with E-state index in [9.17, 15) is 0 Å². The molecule has 0 amide bonds. The highest BCUT2D eigenvalue weighted by Crippen LogP contribution is 2.43. The first-order chi connectivity index (χ1) is 5.60. The third-order valence-corrected chi connectivity index (χ3v) is 3.29. The van der Waals surface area contributed by atoms with Gasteiger partial charge in [-0.3, -0.25) is 0 Å². The van der Waals surface area contributed by atoms with Gasteiger partial charge in [0.15, 0.2) is 0 Å². The molecule has 1 atom stereocenters. The molecule has 1 rings (SSSR count). The topological polar surface area (TPSA) is 9.23 Å². The summed E-state index contributed by atoms with van der Waals surface area (Å²) in [6.07, 6.45) is 5.94. The van der Waals surface area contributed by atoms with Crippen molar-refractivity contribution in [1.29, 1.82) is 0 Å². The Hall–Kier alpha value is -0.0400. The van der Waals surface area contributed by atoms with Crippen LogP contribution in [0.1, 0.15) is 46.5 Å². The average Bonchev–Trinajstić information content (AvgIpc) is 2.37. The van der Waals surface area contributed by atoms with E-state index in [2.05, 4.69) is 20.8 Å². The Labute approximate surface area is 76.5 Å². The Morgan fingerprint density at radius 1 is 1.17 bits per heavy atom. The van der Waals surface area contributed by atoms with Crippen LogP contribution in [0.3, 0.4) is 0 Å². The van der Waals surface area contributed by atoms with Gasteiger partial charge in [-0.1, -0.05) is 33.6 Å². The predicted octanol–water partition coefficient (Wildman–Crippen LogP) is 3.24. The summed E-state index contributed by atoms with van der Waals surface area (Å²) in [7, 11) is 1.86. The lowest BCUT2D eigenvalue weighted by Gasteiger charge is -2.35. The maximum atomic E-state index is 5.60. The van der Waals surface area contributed by atoms with Crippen LogP contribution in [0.5, 0.6) is 0 Å². The molecule has 0 radical (unpaired) electrons. The van der Waals surface area contributed by atoms with Crippen molar-refractivity contribution in [2.75, 3.05) is 7.11 Å². The summed E-state index contributed by atoms with van der Waals surface area (Å²) in [4.78, 5) is 0. The minimum Gasteiger partial charge on any atom is -0.381 e. The molecular weight excluding hydrogens is 148 g/mol. The number of rotatable bonds is 3. The molecule has 0 saturated heterocycles. The molecule has 0 spiro atoms. The predicted molar refractivity (Wildman–Crippen MR) is 52.2 cm³/mol. The van der Waals surface area contributed by atoms with Crippen molar-refractivity contribution in [3.63, 3.8) is 0 Å². The monoisotopic (exact) mass is 170 g/mol. The van der Waals surface area contributed by atoms with Crippen LogP contribution >= 0.6 is 0 Å². The van der Waals surface area contributed by atoms with Crippen molar-refractivity contribution >= 4 is 0 Å². The summed E-state index contributed by atoms with van der Waals surface area (Å²) < 4.78 is 5.60. The quantitative estimate of drug-likeness (QED) is 0.632. The molecule has 1 aliphatic carbocycles. The average molecular weight is 170 g/mol. The van der Waals surface area contributed by atoms with Gasteiger partial charge in [0.05, 0.1) is 6.10 Å². The van der Waals surface area contributed by atoms with Crippen molar-refractivity contribution < 1.29 is 4.74 Å². The fourth-order valence-corrected chi connectivity index (χ4v) is 2.83. The van der Waals surface area contributed by atoms with Gasteiger partial charge in [0, 0.05) is 7.11 Å². The lowest BCUT2D eigenvalue weighted by atomic mass is 9.77. The standard InChI is InChI=1S/C11H22O/c1-9(2)10(12-4)11(3)7-5-6-8-11/h9-10H,5-8H2,1-4H3/t10-/m1/s1. The normalized spacial score (nSPS) is 24.8. The van der Waals surface area contributed by atoms with Crippen molar-refractivity contribution in [3.05, 3.63) is 0 Å². The van der Waals surface area contributed by atoms with Gasteiger partial charge < -0.3 is 4.74 Å². The molecule has 1 aliphatic rings. The minimum absolute atomic E-state index is 0.458. The highest BCUT2D eigenvalue weighted by Gasteiger charge is 2.38. The summed E-state index contributed by atoms with van der Waals surface area (Å²) in [5, 5.41) is 0. The summed E-state index contributed by atoms with van der Waals surface area (Å²) in [5.74, 6) is 0.651. The van der Waals surface area contributed by atoms with Gasteiger partial charge in [-0.2, -0.15) is 0 Å². The highest BCUT2D eigenvalue weighted by molar-refractivity contribution is 4.89. The van der Waals surface area contributed by atoms with Crippen molar-refractivity contribution in [2.24, 2.45) is 11.3 Å². The van der Waals surface area contributed by atoms with Gasteiger partial charge in [0.25, 0.3) is 0 Å². The van der Waals surface area contributed by atoms with Gasteiger partial charge >= 0.3 is 0 Å². The molecule has 0 N–H and O–H groups in total. The Morgan fingerprint density at radius 2 is 1.67 bits per heavy atom. The SMILES string of the molecule is CO[C@H](C(C)C)C1(C)CCCC1. The van der Waals surface area contributed by atoms with Crippen LogP contribution in [0.2, 0.25) is 0 Å². The zero-order chi connectivity index (χ0) is 9.19. The number of hydrogen-bond acceptors (Lipinski definition) is 1. The van der Waals surface area contributed by atoms with Crippen LogP contribution in [-0.4, -0.2) is 13.2 Å². The maximum Gasteiger partial charge on any atom is 0.0647 e. The molecule has 0 aromatic rings. The van der Waals surface area contributed by atoms with Crippen LogP contribution in [0.15, 0.2) is 0 Å². The number of ether oxygens (including phenoxy) is 1. The molecule has 0 aromatic carbocycles. The first kappa shape index (κ1) is 10.0. The number of hydrogen-bond donors (Lipinski definition) is 0. The zero-order valence-corrected chi connectivity index (χ0v) is 8.89. The highest BCUT2D eigenvalue weighted by atomic mass is 16.5. The van der Waals surface area contributed by atoms with E-state index in [4.69, 9.17) is 4.74 Å². The smallest absolute Gasteiger partial charge is 0.0647 e. The molecule has 1 fully saturated rings. The van der Waals surface area contributed by atoms with E-state index in [1.54, 1.807) is 0 Å². The molecule has 0 bridgehead atoms. The van der Waals surface area contributed by atoms with Gasteiger partial charge in [-0.05, 0) is 24.2 Å². The fraction of sp³-hybridized carbons (Fsp3) is 1.00. The Bertz CT molecular complexity index is 134. The molecule has 72 valence electrons. The van der Waals surface area contributed by atoms with E-state index in [0.717, 1.165) is 0 Å². The van der Waals surface area contributed by atoms with Crippen LogP contribution in [-0.2, 0) is 4.74 Å². The summed E-state index contributed by atoms with van der Waals surface area (Å²) in [6.45, 7) is 6.91. The van der Waals surface area contributed by atoms with Gasteiger partial charge in [-0.15, -0.1) is 0 Å². The van der Waals surface area contributed by atoms with Gasteiger partial charge in [-0.25, -0.2) is 0 Å². The Kier molecular flexibility index (Phi) is 3.16. The lowest BCUT2D eigenvalue weighted by Crippen LogP contribution is -2.35. The van der Waals surface area contributed by atoms with Crippen molar-refractivity contribution in [2.45, 2.75) is 52.6 Å². The second-order valence-electron chi connectivity index (χ2n) is 4.76. The van der Waals surface area contributed by atoms with E-state index < -0.39 is 0 Å². The molecule has 0 heterocycles.